The summed E-state index contributed by atoms with van der Waals surface area (Å²) in [5.74, 6) is -2.56. The van der Waals surface area contributed by atoms with Gasteiger partial charge in [0.15, 0.2) is 0 Å². The molecule has 38 heavy (non-hydrogen) atoms. The predicted molar refractivity (Wildman–Crippen MR) is 140 cm³/mol. The average Bonchev–Trinajstić information content (AvgIpc) is 3.14. The minimum atomic E-state index is -0.932. The van der Waals surface area contributed by atoms with E-state index in [0.717, 1.165) is 4.90 Å². The Morgan fingerprint density at radius 2 is 1.63 bits per heavy atom. The Bertz CT molecular complexity index is 1360. The van der Waals surface area contributed by atoms with Crippen LogP contribution in [0.5, 0.6) is 5.75 Å². The molecule has 8 nitrogen and oxygen atoms in total. The van der Waals surface area contributed by atoms with Gasteiger partial charge in [-0.25, -0.2) is 4.39 Å². The van der Waals surface area contributed by atoms with Crippen LogP contribution in [-0.2, 0) is 20.9 Å². The topological polar surface area (TPSA) is 96.0 Å². The maximum atomic E-state index is 13.8. The van der Waals surface area contributed by atoms with Crippen LogP contribution in [-0.4, -0.2) is 48.1 Å². The molecule has 0 saturated carbocycles. The van der Waals surface area contributed by atoms with Gasteiger partial charge in [-0.2, -0.15) is 0 Å². The van der Waals surface area contributed by atoms with Crippen LogP contribution >= 0.6 is 0 Å². The van der Waals surface area contributed by atoms with Gasteiger partial charge in [0, 0.05) is 12.2 Å². The summed E-state index contributed by atoms with van der Waals surface area (Å²) >= 11 is 0. The number of benzene rings is 3. The van der Waals surface area contributed by atoms with Gasteiger partial charge in [-0.05, 0) is 60.0 Å². The van der Waals surface area contributed by atoms with Crippen LogP contribution in [0, 0.1) is 11.7 Å². The Morgan fingerprint density at radius 3 is 2.26 bits per heavy atom. The van der Waals surface area contributed by atoms with Gasteiger partial charge < -0.3 is 15.0 Å². The lowest BCUT2D eigenvalue weighted by Crippen LogP contribution is -2.53. The van der Waals surface area contributed by atoms with E-state index < -0.39 is 41.9 Å². The van der Waals surface area contributed by atoms with Crippen molar-refractivity contribution < 1.29 is 28.3 Å². The normalized spacial score (nSPS) is 13.3. The first-order valence-electron chi connectivity index (χ1n) is 12.1. The highest BCUT2D eigenvalue weighted by molar-refractivity contribution is 6.52. The molecule has 1 unspecified atom stereocenters. The highest BCUT2D eigenvalue weighted by Crippen LogP contribution is 2.29. The van der Waals surface area contributed by atoms with Crippen LogP contribution in [0.15, 0.2) is 72.8 Å². The number of anilines is 2. The summed E-state index contributed by atoms with van der Waals surface area (Å²) in [6.07, 6.45) is 0. The third-order valence-electron chi connectivity index (χ3n) is 6.35. The fourth-order valence-corrected chi connectivity index (χ4v) is 4.45. The highest BCUT2D eigenvalue weighted by Gasteiger charge is 2.39. The van der Waals surface area contributed by atoms with Gasteiger partial charge in [0.25, 0.3) is 11.7 Å². The number of ether oxygens (including phenoxy) is 1. The summed E-state index contributed by atoms with van der Waals surface area (Å²) in [7, 11) is 1.54. The van der Waals surface area contributed by atoms with Crippen molar-refractivity contribution in [2.75, 3.05) is 23.9 Å². The van der Waals surface area contributed by atoms with Crippen molar-refractivity contribution in [3.05, 3.63) is 89.7 Å². The number of para-hydroxylation sites is 1. The molecule has 0 aliphatic carbocycles. The second kappa shape index (κ2) is 11.2. The van der Waals surface area contributed by atoms with Gasteiger partial charge in [0.05, 0.1) is 18.4 Å². The molecule has 9 heteroatoms. The minimum absolute atomic E-state index is 0.00435. The number of amides is 3. The first-order valence-corrected chi connectivity index (χ1v) is 12.1. The van der Waals surface area contributed by atoms with Crippen LogP contribution in [0.2, 0.25) is 0 Å². The summed E-state index contributed by atoms with van der Waals surface area (Å²) in [4.78, 5) is 55.0. The summed E-state index contributed by atoms with van der Waals surface area (Å²) in [5.41, 5.74) is 1.70. The Labute approximate surface area is 220 Å². The van der Waals surface area contributed by atoms with Gasteiger partial charge in [-0.3, -0.25) is 24.1 Å². The molecule has 0 radical (unpaired) electrons. The quantitative estimate of drug-likeness (QED) is 0.432. The Kier molecular flexibility index (Phi) is 7.85. The zero-order valence-electron chi connectivity index (χ0n) is 21.3. The zero-order chi connectivity index (χ0) is 27.4. The van der Waals surface area contributed by atoms with Crippen LogP contribution in [0.25, 0.3) is 0 Å². The number of methoxy groups -OCH3 is 1. The van der Waals surface area contributed by atoms with E-state index in [1.165, 1.54) is 35.2 Å². The number of halogens is 1. The molecule has 4 rings (SSSR count). The van der Waals surface area contributed by atoms with Crippen molar-refractivity contribution >= 4 is 34.9 Å². The first-order chi connectivity index (χ1) is 18.2. The molecule has 1 atom stereocenters. The number of carbonyl (C=O) groups is 4. The highest BCUT2D eigenvalue weighted by atomic mass is 19.1. The van der Waals surface area contributed by atoms with E-state index in [2.05, 4.69) is 5.32 Å². The van der Waals surface area contributed by atoms with Gasteiger partial charge in [-0.1, -0.05) is 38.1 Å². The molecular weight excluding hydrogens is 489 g/mol. The molecule has 0 bridgehead atoms. The van der Waals surface area contributed by atoms with E-state index in [4.69, 9.17) is 4.74 Å². The van der Waals surface area contributed by atoms with Crippen molar-refractivity contribution in [1.82, 2.24) is 4.90 Å². The Balaban J connectivity index is 1.64. The van der Waals surface area contributed by atoms with Gasteiger partial charge in [0.1, 0.15) is 24.2 Å². The fourth-order valence-electron chi connectivity index (χ4n) is 4.45. The number of carbonyl (C=O) groups excluding carboxylic acids is 4. The monoisotopic (exact) mass is 517 g/mol. The second-order valence-corrected chi connectivity index (χ2v) is 9.29. The van der Waals surface area contributed by atoms with Crippen molar-refractivity contribution in [3.63, 3.8) is 0 Å². The van der Waals surface area contributed by atoms with E-state index >= 15 is 0 Å². The van der Waals surface area contributed by atoms with E-state index in [1.54, 1.807) is 49.6 Å². The van der Waals surface area contributed by atoms with Crippen molar-refractivity contribution in [2.45, 2.75) is 26.4 Å². The number of rotatable bonds is 9. The number of hydrogen-bond acceptors (Lipinski definition) is 5. The summed E-state index contributed by atoms with van der Waals surface area (Å²) in [5, 5.41) is 2.85. The smallest absolute Gasteiger partial charge is 0.299 e. The lowest BCUT2D eigenvalue weighted by molar-refractivity contribution is -0.140. The number of fused-ring (bicyclic) bond motifs is 1. The number of nitrogens with one attached hydrogen (secondary N) is 1. The molecule has 0 fully saturated rings. The van der Waals surface area contributed by atoms with E-state index in [0.29, 0.717) is 22.7 Å². The summed E-state index contributed by atoms with van der Waals surface area (Å²) in [6.45, 7) is 3.18. The first kappa shape index (κ1) is 26.5. The molecular formula is C29H28FN3O5. The molecule has 1 aliphatic rings. The van der Waals surface area contributed by atoms with Gasteiger partial charge in [-0.15, -0.1) is 0 Å². The molecule has 0 spiro atoms. The summed E-state index contributed by atoms with van der Waals surface area (Å²) < 4.78 is 18.7. The van der Waals surface area contributed by atoms with E-state index in [-0.39, 0.29) is 18.0 Å². The molecule has 3 aromatic rings. The maximum Gasteiger partial charge on any atom is 0.299 e. The SMILES string of the molecule is COc1ccc(NC(=O)C(C(C)C)N(Cc2ccc(F)cc2)C(=O)CN2C(=O)C(=O)c3ccccc32)cc1. The number of Topliss-reactive ketones (excluding diaryl/α,β-unsaturated/α-hetero) is 1. The van der Waals surface area contributed by atoms with Gasteiger partial charge >= 0.3 is 0 Å². The maximum absolute atomic E-state index is 13.8. The molecule has 196 valence electrons. The van der Waals surface area contributed by atoms with Crippen LogP contribution < -0.4 is 15.0 Å². The number of hydrogen-bond donors (Lipinski definition) is 1. The van der Waals surface area contributed by atoms with Gasteiger partial charge in [0.2, 0.25) is 11.8 Å². The third-order valence-corrected chi connectivity index (χ3v) is 6.35. The largest absolute Gasteiger partial charge is 0.497 e. The molecule has 1 heterocycles. The molecule has 3 amide bonds. The standard InChI is InChI=1S/C29H28FN3O5/c1-18(2)26(28(36)31-21-12-14-22(38-3)15-13-21)33(16-19-8-10-20(30)11-9-19)25(34)17-32-24-7-5-4-6-23(24)27(35)29(32)37/h4-15,18,26H,16-17H2,1-3H3,(H,31,36). The van der Waals surface area contributed by atoms with Crippen molar-refractivity contribution in [1.29, 1.82) is 0 Å². The number of ketones is 1. The van der Waals surface area contributed by atoms with Crippen LogP contribution in [0.3, 0.4) is 0 Å². The minimum Gasteiger partial charge on any atom is -0.497 e. The summed E-state index contributed by atoms with van der Waals surface area (Å²) in [6, 6.07) is 17.9. The zero-order valence-corrected chi connectivity index (χ0v) is 21.3. The second-order valence-electron chi connectivity index (χ2n) is 9.29. The fraction of sp³-hybridized carbons (Fsp3) is 0.241. The lowest BCUT2D eigenvalue weighted by Gasteiger charge is -2.34. The van der Waals surface area contributed by atoms with Crippen molar-refractivity contribution in [3.8, 4) is 5.75 Å². The Morgan fingerprint density at radius 1 is 0.974 bits per heavy atom. The molecule has 1 N–H and O–H groups in total. The van der Waals surface area contributed by atoms with Crippen molar-refractivity contribution in [2.24, 2.45) is 5.92 Å². The third kappa shape index (κ3) is 5.56. The van der Waals surface area contributed by atoms with Crippen LogP contribution in [0.4, 0.5) is 15.8 Å². The average molecular weight is 518 g/mol. The molecule has 1 aliphatic heterocycles. The lowest BCUT2D eigenvalue weighted by atomic mass is 10.00. The molecule has 0 saturated heterocycles. The van der Waals surface area contributed by atoms with Crippen LogP contribution in [0.1, 0.15) is 29.8 Å². The Hall–Kier alpha value is -4.53. The molecule has 0 aromatic heterocycles. The van der Waals surface area contributed by atoms with E-state index in [1.807, 2.05) is 13.8 Å². The number of nitrogens with zero attached hydrogens (tertiary/aromatic N) is 2. The predicted octanol–water partition coefficient (Wildman–Crippen LogP) is 4.06. The molecule has 3 aromatic carbocycles. The van der Waals surface area contributed by atoms with E-state index in [9.17, 15) is 23.6 Å².